The molecule has 7 nitrogen and oxygen atoms in total. The van der Waals surface area contributed by atoms with Crippen molar-refractivity contribution in [2.75, 3.05) is 26.9 Å². The van der Waals surface area contributed by atoms with Crippen LogP contribution in [0, 0.1) is 0 Å². The van der Waals surface area contributed by atoms with Gasteiger partial charge in [-0.05, 0) is 38.3 Å². The van der Waals surface area contributed by atoms with Gasteiger partial charge < -0.3 is 25.3 Å². The number of hydrogen-bond acceptors (Lipinski definition) is 7. The van der Waals surface area contributed by atoms with Crippen molar-refractivity contribution >= 4 is 23.5 Å². The van der Waals surface area contributed by atoms with Gasteiger partial charge in [-0.2, -0.15) is 0 Å². The van der Waals surface area contributed by atoms with Crippen molar-refractivity contribution in [2.45, 2.75) is 52.1 Å². The Balaban J connectivity index is 2.91. The normalized spacial score (nSPS) is 16.7. The van der Waals surface area contributed by atoms with Crippen LogP contribution in [0.3, 0.4) is 0 Å². The number of rotatable bonds is 10. The summed E-state index contributed by atoms with van der Waals surface area (Å²) in [5, 5.41) is 3.72. The Kier molecular flexibility index (Phi) is 9.31. The van der Waals surface area contributed by atoms with E-state index in [1.807, 2.05) is 19.9 Å². The number of carbonyl (C=O) groups excluding carboxylic acids is 2. The van der Waals surface area contributed by atoms with Gasteiger partial charge >= 0.3 is 11.9 Å². The number of halogens is 1. The first-order valence-corrected chi connectivity index (χ1v) is 11.3. The van der Waals surface area contributed by atoms with Gasteiger partial charge in [0, 0.05) is 17.3 Å². The summed E-state index contributed by atoms with van der Waals surface area (Å²) in [4.78, 5) is 26.3. The standard InChI is InChI=1S/C24H33ClN2O5/c1-6-24(7-2,32-14-13-26)21-20(23(29)31-8-3)19(16-11-9-10-12-17(16)25)18(15(4)27-21)22(28)30-5/h9-12,19,27H,6-8,13-14,26H2,1-5H3. The van der Waals surface area contributed by atoms with E-state index >= 15 is 0 Å². The number of methoxy groups -OCH3 is 1. The highest BCUT2D eigenvalue weighted by Gasteiger charge is 2.45. The monoisotopic (exact) mass is 464 g/mol. The minimum absolute atomic E-state index is 0.177. The Morgan fingerprint density at radius 2 is 1.78 bits per heavy atom. The lowest BCUT2D eigenvalue weighted by molar-refractivity contribution is -0.139. The number of dihydropyridines is 1. The molecule has 8 heteroatoms. The van der Waals surface area contributed by atoms with Crippen molar-refractivity contribution in [2.24, 2.45) is 5.73 Å². The lowest BCUT2D eigenvalue weighted by Gasteiger charge is -2.41. The molecule has 1 aliphatic rings. The summed E-state index contributed by atoms with van der Waals surface area (Å²) in [5.74, 6) is -1.89. The van der Waals surface area contributed by atoms with Crippen LogP contribution < -0.4 is 11.1 Å². The molecule has 0 bridgehead atoms. The van der Waals surface area contributed by atoms with Gasteiger partial charge in [-0.3, -0.25) is 0 Å². The molecule has 1 heterocycles. The second-order valence-corrected chi connectivity index (χ2v) is 7.86. The quantitative estimate of drug-likeness (QED) is 0.507. The summed E-state index contributed by atoms with van der Waals surface area (Å²) < 4.78 is 16.8. The van der Waals surface area contributed by atoms with Crippen molar-refractivity contribution in [1.82, 2.24) is 5.32 Å². The van der Waals surface area contributed by atoms with E-state index in [0.29, 0.717) is 53.5 Å². The van der Waals surface area contributed by atoms with Gasteiger partial charge in [-0.1, -0.05) is 43.6 Å². The van der Waals surface area contributed by atoms with Crippen molar-refractivity contribution in [3.05, 3.63) is 57.4 Å². The average Bonchev–Trinajstić information content (AvgIpc) is 2.79. The Morgan fingerprint density at radius 3 is 2.31 bits per heavy atom. The first kappa shape index (κ1) is 25.9. The number of nitrogens with two attached hydrogens (primary N) is 1. The molecule has 1 aromatic rings. The average molecular weight is 465 g/mol. The summed E-state index contributed by atoms with van der Waals surface area (Å²) in [7, 11) is 1.31. The molecule has 3 N–H and O–H groups in total. The molecule has 0 saturated carbocycles. The Morgan fingerprint density at radius 1 is 1.12 bits per heavy atom. The lowest BCUT2D eigenvalue weighted by Crippen LogP contribution is -2.46. The summed E-state index contributed by atoms with van der Waals surface area (Å²) in [6.07, 6.45) is 1.15. The lowest BCUT2D eigenvalue weighted by atomic mass is 9.76. The fraction of sp³-hybridized carbons (Fsp3) is 0.500. The Bertz CT molecular complexity index is 905. The third-order valence-corrected chi connectivity index (χ3v) is 6.12. The van der Waals surface area contributed by atoms with E-state index in [-0.39, 0.29) is 12.2 Å². The van der Waals surface area contributed by atoms with Gasteiger partial charge in [-0.25, -0.2) is 9.59 Å². The van der Waals surface area contributed by atoms with Crippen molar-refractivity contribution < 1.29 is 23.8 Å². The molecule has 0 amide bonds. The summed E-state index contributed by atoms with van der Waals surface area (Å²) in [5.41, 5.74) is 7.20. The number of carbonyl (C=O) groups is 2. The van der Waals surface area contributed by atoms with Crippen LogP contribution in [-0.4, -0.2) is 44.4 Å². The summed E-state index contributed by atoms with van der Waals surface area (Å²) >= 11 is 6.56. The van der Waals surface area contributed by atoms with Gasteiger partial charge in [0.05, 0.1) is 43.1 Å². The zero-order valence-corrected chi connectivity index (χ0v) is 20.2. The van der Waals surface area contributed by atoms with E-state index in [2.05, 4.69) is 5.32 Å². The van der Waals surface area contributed by atoms with Crippen LogP contribution in [0.25, 0.3) is 0 Å². The topological polar surface area (TPSA) is 99.9 Å². The van der Waals surface area contributed by atoms with Gasteiger partial charge in [0.25, 0.3) is 0 Å². The highest BCUT2D eigenvalue weighted by atomic mass is 35.5. The molecule has 176 valence electrons. The van der Waals surface area contributed by atoms with Gasteiger partial charge in [0.15, 0.2) is 0 Å². The second-order valence-electron chi connectivity index (χ2n) is 7.46. The molecule has 0 spiro atoms. The predicted octanol–water partition coefficient (Wildman–Crippen LogP) is 3.83. The SMILES string of the molecule is CCOC(=O)C1=C(C(CC)(CC)OCCN)NC(C)=C(C(=O)OC)C1c1ccccc1Cl. The number of ether oxygens (including phenoxy) is 3. The van der Waals surface area contributed by atoms with Crippen LogP contribution in [0.1, 0.15) is 52.0 Å². The van der Waals surface area contributed by atoms with E-state index in [4.69, 9.17) is 31.5 Å². The van der Waals surface area contributed by atoms with Gasteiger partial charge in [0.2, 0.25) is 0 Å². The molecule has 0 aromatic heterocycles. The van der Waals surface area contributed by atoms with Crippen molar-refractivity contribution in [3.8, 4) is 0 Å². The summed E-state index contributed by atoms with van der Waals surface area (Å²) in [6.45, 7) is 8.30. The largest absolute Gasteiger partial charge is 0.466 e. The molecular formula is C24H33ClN2O5. The highest BCUT2D eigenvalue weighted by molar-refractivity contribution is 6.31. The van der Waals surface area contributed by atoms with Crippen molar-refractivity contribution in [3.63, 3.8) is 0 Å². The number of allylic oxidation sites excluding steroid dienone is 1. The van der Waals surface area contributed by atoms with Crippen LogP contribution >= 0.6 is 11.6 Å². The fourth-order valence-electron chi connectivity index (χ4n) is 4.15. The van der Waals surface area contributed by atoms with Gasteiger partial charge in [0.1, 0.15) is 5.60 Å². The molecule has 1 unspecified atom stereocenters. The van der Waals surface area contributed by atoms with E-state index in [9.17, 15) is 9.59 Å². The maximum atomic E-state index is 13.4. The molecule has 0 fully saturated rings. The molecule has 0 saturated heterocycles. The van der Waals surface area contributed by atoms with E-state index in [1.165, 1.54) is 7.11 Å². The second kappa shape index (κ2) is 11.5. The Labute approximate surface area is 194 Å². The highest BCUT2D eigenvalue weighted by Crippen LogP contribution is 2.45. The van der Waals surface area contributed by atoms with Crippen LogP contribution in [-0.2, 0) is 23.8 Å². The molecule has 1 aromatic carbocycles. The minimum Gasteiger partial charge on any atom is -0.466 e. The molecule has 32 heavy (non-hydrogen) atoms. The number of esters is 2. The first-order chi connectivity index (χ1) is 15.3. The zero-order valence-electron chi connectivity index (χ0n) is 19.4. The number of benzene rings is 1. The van der Waals surface area contributed by atoms with E-state index in [1.54, 1.807) is 32.0 Å². The number of hydrogen-bond donors (Lipinski definition) is 2. The maximum Gasteiger partial charge on any atom is 0.336 e. The molecule has 2 rings (SSSR count). The maximum absolute atomic E-state index is 13.4. The molecule has 1 aliphatic heterocycles. The molecule has 0 aliphatic carbocycles. The minimum atomic E-state index is -0.829. The Hall–Kier alpha value is -2.35. The molecule has 0 radical (unpaired) electrons. The van der Waals surface area contributed by atoms with Crippen LogP contribution in [0.15, 0.2) is 46.8 Å². The van der Waals surface area contributed by atoms with Gasteiger partial charge in [-0.15, -0.1) is 0 Å². The third kappa shape index (κ3) is 5.00. The third-order valence-electron chi connectivity index (χ3n) is 5.77. The smallest absolute Gasteiger partial charge is 0.336 e. The van der Waals surface area contributed by atoms with Crippen molar-refractivity contribution in [1.29, 1.82) is 0 Å². The van der Waals surface area contributed by atoms with Crippen LogP contribution in [0.4, 0.5) is 0 Å². The van der Waals surface area contributed by atoms with E-state index < -0.39 is 23.5 Å². The number of nitrogens with one attached hydrogen (secondary N) is 1. The van der Waals surface area contributed by atoms with Crippen LogP contribution in [0.2, 0.25) is 5.02 Å². The van der Waals surface area contributed by atoms with E-state index in [0.717, 1.165) is 0 Å². The predicted molar refractivity (Wildman–Crippen MR) is 124 cm³/mol. The summed E-state index contributed by atoms with van der Waals surface area (Å²) in [6, 6.07) is 7.13. The van der Waals surface area contributed by atoms with Crippen LogP contribution in [0.5, 0.6) is 0 Å². The molecule has 1 atom stereocenters. The zero-order chi connectivity index (χ0) is 23.9. The molecular weight excluding hydrogens is 432 g/mol. The fourth-order valence-corrected chi connectivity index (χ4v) is 4.40. The first-order valence-electron chi connectivity index (χ1n) is 10.9.